The Morgan fingerprint density at radius 2 is 1.70 bits per heavy atom. The van der Waals surface area contributed by atoms with Crippen molar-refractivity contribution >= 4 is 17.9 Å². The van der Waals surface area contributed by atoms with Crippen LogP contribution in [0.3, 0.4) is 0 Å². The van der Waals surface area contributed by atoms with Crippen LogP contribution in [-0.4, -0.2) is 38.2 Å². The second kappa shape index (κ2) is 6.72. The molecule has 2 rings (SSSR count). The molecule has 2 aliphatic carbocycles. The quantitative estimate of drug-likeness (QED) is 0.333. The van der Waals surface area contributed by atoms with E-state index in [0.717, 1.165) is 11.1 Å². The van der Waals surface area contributed by atoms with Gasteiger partial charge in [-0.2, -0.15) is 0 Å². The highest BCUT2D eigenvalue weighted by molar-refractivity contribution is 6.01. The van der Waals surface area contributed by atoms with Gasteiger partial charge >= 0.3 is 17.9 Å². The van der Waals surface area contributed by atoms with Crippen molar-refractivity contribution in [3.8, 4) is 0 Å². The Bertz CT molecular complexity index is 529. The van der Waals surface area contributed by atoms with Crippen LogP contribution in [0.4, 0.5) is 0 Å². The fourth-order valence-corrected chi connectivity index (χ4v) is 3.71. The summed E-state index contributed by atoms with van der Waals surface area (Å²) in [6.07, 6.45) is 1.19. The molecular formula is C17H24O6. The molecule has 0 radical (unpaired) electrons. The van der Waals surface area contributed by atoms with Gasteiger partial charge in [-0.1, -0.05) is 11.1 Å². The Morgan fingerprint density at radius 1 is 1.13 bits per heavy atom. The fraction of sp³-hybridized carbons (Fsp3) is 0.706. The number of hydrogen-bond donors (Lipinski definition) is 0. The maximum Gasteiger partial charge on any atom is 0.323 e. The Balaban J connectivity index is 2.35. The van der Waals surface area contributed by atoms with Crippen molar-refractivity contribution in [3.63, 3.8) is 0 Å². The molecule has 0 spiro atoms. The number of esters is 3. The highest BCUT2D eigenvalue weighted by atomic mass is 16.6. The molecule has 0 N–H and O–H groups in total. The molecule has 0 saturated heterocycles. The number of ether oxygens (including phenoxy) is 3. The SMILES string of the molecule is CCOC(=O)C1(C(=O)OCC)CC(C)=C2C[C@H](C(=O)OC)[C@H]2C1. The van der Waals surface area contributed by atoms with E-state index in [2.05, 4.69) is 0 Å². The Hall–Kier alpha value is -1.85. The van der Waals surface area contributed by atoms with Gasteiger partial charge in [0.2, 0.25) is 0 Å². The summed E-state index contributed by atoms with van der Waals surface area (Å²) in [6.45, 7) is 5.70. The maximum atomic E-state index is 12.5. The Kier molecular flexibility index (Phi) is 5.12. The van der Waals surface area contributed by atoms with Gasteiger partial charge < -0.3 is 14.2 Å². The summed E-state index contributed by atoms with van der Waals surface area (Å²) in [5.41, 5.74) is 0.781. The normalized spacial score (nSPS) is 25.0. The van der Waals surface area contributed by atoms with Crippen molar-refractivity contribution in [2.24, 2.45) is 17.3 Å². The van der Waals surface area contributed by atoms with E-state index >= 15 is 0 Å². The second-order valence-corrected chi connectivity index (χ2v) is 6.15. The van der Waals surface area contributed by atoms with E-state index in [1.165, 1.54) is 7.11 Å². The monoisotopic (exact) mass is 324 g/mol. The van der Waals surface area contributed by atoms with Crippen LogP contribution >= 0.6 is 0 Å². The first-order valence-corrected chi connectivity index (χ1v) is 8.02. The van der Waals surface area contributed by atoms with E-state index in [9.17, 15) is 14.4 Å². The molecule has 0 bridgehead atoms. The largest absolute Gasteiger partial charge is 0.469 e. The van der Waals surface area contributed by atoms with E-state index in [0.29, 0.717) is 12.8 Å². The highest BCUT2D eigenvalue weighted by Crippen LogP contribution is 2.55. The van der Waals surface area contributed by atoms with Gasteiger partial charge in [0.15, 0.2) is 5.41 Å². The molecule has 2 aliphatic rings. The highest BCUT2D eigenvalue weighted by Gasteiger charge is 2.58. The third kappa shape index (κ3) is 2.86. The van der Waals surface area contributed by atoms with Crippen molar-refractivity contribution < 1.29 is 28.6 Å². The summed E-state index contributed by atoms with van der Waals surface area (Å²) in [5.74, 6) is -1.87. The average molecular weight is 324 g/mol. The summed E-state index contributed by atoms with van der Waals surface area (Å²) in [6, 6.07) is 0. The van der Waals surface area contributed by atoms with Crippen LogP contribution in [0.2, 0.25) is 0 Å². The van der Waals surface area contributed by atoms with Gasteiger partial charge in [0.1, 0.15) is 0 Å². The molecule has 1 fully saturated rings. The van der Waals surface area contributed by atoms with Gasteiger partial charge in [0.25, 0.3) is 0 Å². The second-order valence-electron chi connectivity index (χ2n) is 6.15. The predicted octanol–water partition coefficient (Wildman–Crippen LogP) is 2.02. The van der Waals surface area contributed by atoms with Crippen LogP contribution in [0.5, 0.6) is 0 Å². The number of fused-ring (bicyclic) bond motifs is 1. The van der Waals surface area contributed by atoms with Crippen molar-refractivity contribution in [3.05, 3.63) is 11.1 Å². The molecule has 0 aromatic carbocycles. The minimum Gasteiger partial charge on any atom is -0.469 e. The minimum atomic E-state index is -1.35. The number of hydrogen-bond acceptors (Lipinski definition) is 6. The average Bonchev–Trinajstić information content (AvgIpc) is 2.49. The Labute approximate surface area is 136 Å². The Morgan fingerprint density at radius 3 is 2.17 bits per heavy atom. The molecular weight excluding hydrogens is 300 g/mol. The molecule has 0 aromatic heterocycles. The van der Waals surface area contributed by atoms with E-state index in [1.54, 1.807) is 13.8 Å². The number of carbonyl (C=O) groups excluding carboxylic acids is 3. The third-order valence-corrected chi connectivity index (χ3v) is 4.89. The lowest BCUT2D eigenvalue weighted by molar-refractivity contribution is -0.176. The molecule has 2 atom stereocenters. The smallest absolute Gasteiger partial charge is 0.323 e. The van der Waals surface area contributed by atoms with Crippen molar-refractivity contribution in [2.45, 2.75) is 40.0 Å². The summed E-state index contributed by atoms with van der Waals surface area (Å²) >= 11 is 0. The standard InChI is InChI=1S/C17H24O6/c1-5-22-15(19)17(16(20)23-6-2)8-10(3)11-7-12(13(11)9-17)14(18)21-4/h12-13H,5-9H2,1-4H3/t12-,13-/m0/s1. The van der Waals surface area contributed by atoms with Crippen molar-refractivity contribution in [1.82, 2.24) is 0 Å². The molecule has 0 aromatic rings. The molecule has 1 saturated carbocycles. The van der Waals surface area contributed by atoms with Crippen LogP contribution in [0.25, 0.3) is 0 Å². The van der Waals surface area contributed by atoms with Crippen molar-refractivity contribution in [1.29, 1.82) is 0 Å². The van der Waals surface area contributed by atoms with Gasteiger partial charge in [-0.3, -0.25) is 14.4 Å². The molecule has 128 valence electrons. The van der Waals surface area contributed by atoms with Crippen molar-refractivity contribution in [2.75, 3.05) is 20.3 Å². The predicted molar refractivity (Wildman–Crippen MR) is 81.2 cm³/mol. The number of carbonyl (C=O) groups is 3. The lowest BCUT2D eigenvalue weighted by Gasteiger charge is -2.47. The molecule has 6 heteroatoms. The van der Waals surface area contributed by atoms with E-state index in [-0.39, 0.29) is 37.4 Å². The van der Waals surface area contributed by atoms with Gasteiger partial charge in [0.05, 0.1) is 26.2 Å². The zero-order chi connectivity index (χ0) is 17.2. The first-order valence-electron chi connectivity index (χ1n) is 8.02. The van der Waals surface area contributed by atoms with Gasteiger partial charge in [0, 0.05) is 0 Å². The van der Waals surface area contributed by atoms with E-state index in [4.69, 9.17) is 14.2 Å². The van der Waals surface area contributed by atoms with E-state index < -0.39 is 17.4 Å². The molecule has 0 amide bonds. The number of allylic oxidation sites excluding steroid dienone is 2. The van der Waals surface area contributed by atoms with Gasteiger partial charge in [-0.15, -0.1) is 0 Å². The molecule has 6 nitrogen and oxygen atoms in total. The topological polar surface area (TPSA) is 78.9 Å². The lowest BCUT2D eigenvalue weighted by atomic mass is 9.55. The summed E-state index contributed by atoms with van der Waals surface area (Å²) in [7, 11) is 1.35. The minimum absolute atomic E-state index is 0.148. The zero-order valence-electron chi connectivity index (χ0n) is 14.1. The number of rotatable bonds is 5. The molecule has 0 aliphatic heterocycles. The number of methoxy groups -OCH3 is 1. The van der Waals surface area contributed by atoms with E-state index in [1.807, 2.05) is 6.92 Å². The molecule has 0 heterocycles. The van der Waals surface area contributed by atoms with Crippen LogP contribution in [0.1, 0.15) is 40.0 Å². The lowest BCUT2D eigenvalue weighted by Crippen LogP contribution is -2.51. The maximum absolute atomic E-state index is 12.5. The summed E-state index contributed by atoms with van der Waals surface area (Å²) in [4.78, 5) is 37.0. The van der Waals surface area contributed by atoms with Crippen LogP contribution in [-0.2, 0) is 28.6 Å². The van der Waals surface area contributed by atoms with Crippen LogP contribution in [0.15, 0.2) is 11.1 Å². The molecule has 0 unspecified atom stereocenters. The van der Waals surface area contributed by atoms with Crippen LogP contribution < -0.4 is 0 Å². The van der Waals surface area contributed by atoms with Gasteiger partial charge in [-0.25, -0.2) is 0 Å². The summed E-state index contributed by atoms with van der Waals surface area (Å²) in [5, 5.41) is 0. The van der Waals surface area contributed by atoms with Crippen LogP contribution in [0, 0.1) is 17.3 Å². The van der Waals surface area contributed by atoms with Gasteiger partial charge in [-0.05, 0) is 46.0 Å². The molecule has 23 heavy (non-hydrogen) atoms. The summed E-state index contributed by atoms with van der Waals surface area (Å²) < 4.78 is 15.1. The third-order valence-electron chi connectivity index (χ3n) is 4.89. The fourth-order valence-electron chi connectivity index (χ4n) is 3.71. The first kappa shape index (κ1) is 17.5. The zero-order valence-corrected chi connectivity index (χ0v) is 14.1. The first-order chi connectivity index (χ1) is 10.9.